The molecule has 0 radical (unpaired) electrons. The van der Waals surface area contributed by atoms with E-state index in [2.05, 4.69) is 181 Å². The van der Waals surface area contributed by atoms with Crippen LogP contribution in [0.5, 0.6) is 5.75 Å². The first-order chi connectivity index (χ1) is 26.8. The van der Waals surface area contributed by atoms with Gasteiger partial charge in [-0.15, -0.1) is 0 Å². The van der Waals surface area contributed by atoms with Crippen LogP contribution < -0.4 is 26.0 Å². The Morgan fingerprint density at radius 1 is 0.444 bits per heavy atom. The molecular formula is C51H58NOP. The Kier molecular flexibility index (Phi) is 15.3. The molecule has 0 heterocycles. The maximum absolute atomic E-state index is 5.96. The molecule has 0 aromatic heterocycles. The summed E-state index contributed by atoms with van der Waals surface area (Å²) in [6, 6.07) is 64.7. The molecule has 0 spiro atoms. The van der Waals surface area contributed by atoms with E-state index < -0.39 is 7.26 Å². The van der Waals surface area contributed by atoms with Gasteiger partial charge in [-0.1, -0.05) is 72.8 Å². The van der Waals surface area contributed by atoms with Gasteiger partial charge in [0.1, 0.15) is 12.4 Å². The molecule has 0 aliphatic heterocycles. The van der Waals surface area contributed by atoms with Crippen molar-refractivity contribution < 1.29 is 4.74 Å². The Bertz CT molecular complexity index is 1850. The number of hydrogen-bond donors (Lipinski definition) is 1. The minimum Gasteiger partial charge on any atom is -0.0622 e. The Hall–Kier alpha value is -4.75. The van der Waals surface area contributed by atoms with Crippen LogP contribution in [0.3, 0.4) is 0 Å². The van der Waals surface area contributed by atoms with Crippen LogP contribution in [-0.4, -0.2) is 26.4 Å². The van der Waals surface area contributed by atoms with Crippen molar-refractivity contribution in [1.82, 2.24) is 5.32 Å². The van der Waals surface area contributed by atoms with Crippen LogP contribution in [0.4, 0.5) is 0 Å². The first-order valence-corrected chi connectivity index (χ1v) is 22.4. The first kappa shape index (κ1) is 39.0. The molecule has 0 saturated heterocycles. The van der Waals surface area contributed by atoms with Gasteiger partial charge in [0.25, 0.3) is 0 Å². The fraction of sp³-hybridized carbons (Fsp3) is 0.255. The van der Waals surface area contributed by atoms with Gasteiger partial charge in [0.05, 0.1) is 0 Å². The second kappa shape index (κ2) is 21.2. The van der Waals surface area contributed by atoms with Gasteiger partial charge in [0.2, 0.25) is 0 Å². The number of likely N-dealkylation sites (N-methyl/N-ethyl adjacent to an activating group) is 1. The zero-order valence-electron chi connectivity index (χ0n) is 32.1. The summed E-state index contributed by atoms with van der Waals surface area (Å²) >= 11 is 0. The summed E-state index contributed by atoms with van der Waals surface area (Å²) in [7, 11) is -0.179. The molecule has 2 nitrogen and oxygen atoms in total. The summed E-state index contributed by atoms with van der Waals surface area (Å²) in [5, 5.41) is 7.72. The fourth-order valence-corrected chi connectivity index (χ4v) is 12.9. The smallest absolute Gasteiger partial charge is 0.0622 e. The van der Waals surface area contributed by atoms with Crippen LogP contribution in [-0.2, 0) is 0 Å². The third-order valence-electron chi connectivity index (χ3n) is 10.8. The topological polar surface area (TPSA) is 21.3 Å². The molecule has 0 fully saturated rings. The number of allylic oxidation sites excluding steroid dienone is 1. The number of ether oxygens (including phenoxy) is 1. The summed E-state index contributed by atoms with van der Waals surface area (Å²) in [6.07, 6.45) is 12.5. The van der Waals surface area contributed by atoms with E-state index >= 15 is 0 Å². The van der Waals surface area contributed by atoms with E-state index in [1.54, 1.807) is 0 Å². The fourth-order valence-electron chi connectivity index (χ4n) is 8.02. The van der Waals surface area contributed by atoms with Gasteiger partial charge in [0, 0.05) is 6.54 Å². The SMILES string of the molecule is CNCCOc1ccc(/C(=C(/CCCCCCCCCC[PH](c2ccccc2)(c2ccccc2)c2ccccc2)c2ccccc2)c2ccccc2)cc1. The van der Waals surface area contributed by atoms with E-state index in [0.29, 0.717) is 6.61 Å². The van der Waals surface area contributed by atoms with Crippen molar-refractivity contribution in [3.05, 3.63) is 193 Å². The predicted molar refractivity (Wildman–Crippen MR) is 238 cm³/mol. The standard InChI is InChI=1S/C51H58NOP/c1-52-40-41-53-46-38-36-45(37-39-46)51(44-27-15-9-16-28-44)50(43-25-13-8-14-26-43)35-23-6-4-2-3-5-7-24-42-54(47-29-17-10-18-30-47,48-31-19-11-20-32-48)49-33-21-12-22-34-49/h8-22,25-34,36-39,52,54H,2-7,23-24,35,40-42H2,1H3/b51-50-. The zero-order chi connectivity index (χ0) is 37.1. The van der Waals surface area contributed by atoms with E-state index in [1.807, 2.05) is 7.05 Å². The zero-order valence-corrected chi connectivity index (χ0v) is 33.1. The van der Waals surface area contributed by atoms with Crippen molar-refractivity contribution in [2.45, 2.75) is 57.8 Å². The molecule has 278 valence electrons. The van der Waals surface area contributed by atoms with Gasteiger partial charge in [0.15, 0.2) is 0 Å². The number of benzene rings is 6. The quantitative estimate of drug-likeness (QED) is 0.0452. The molecule has 6 aromatic carbocycles. The number of hydrogen-bond acceptors (Lipinski definition) is 2. The summed E-state index contributed by atoms with van der Waals surface area (Å²) in [4.78, 5) is 0. The molecule has 0 aliphatic rings. The molecule has 0 saturated carbocycles. The molecule has 6 aromatic rings. The van der Waals surface area contributed by atoms with Crippen LogP contribution >= 0.6 is 7.26 Å². The van der Waals surface area contributed by atoms with Crippen LogP contribution in [0.1, 0.15) is 74.5 Å². The minimum absolute atomic E-state index is 0.658. The number of unbranched alkanes of at least 4 members (excludes halogenated alkanes) is 7. The monoisotopic (exact) mass is 731 g/mol. The number of nitrogens with one attached hydrogen (secondary N) is 1. The van der Waals surface area contributed by atoms with E-state index in [-0.39, 0.29) is 0 Å². The second-order valence-corrected chi connectivity index (χ2v) is 18.4. The Labute approximate surface area is 325 Å². The van der Waals surface area contributed by atoms with Crippen molar-refractivity contribution in [1.29, 1.82) is 0 Å². The molecular weight excluding hydrogens is 674 g/mol. The van der Waals surface area contributed by atoms with Gasteiger partial charge < -0.3 is 10.1 Å². The molecule has 6 rings (SSSR count). The van der Waals surface area contributed by atoms with Crippen molar-refractivity contribution in [3.8, 4) is 5.75 Å². The van der Waals surface area contributed by atoms with Crippen molar-refractivity contribution in [2.24, 2.45) is 0 Å². The average molecular weight is 732 g/mol. The van der Waals surface area contributed by atoms with E-state index in [4.69, 9.17) is 4.74 Å². The van der Waals surface area contributed by atoms with Gasteiger partial charge in [-0.05, 0) is 30.3 Å². The molecule has 0 atom stereocenters. The normalized spacial score (nSPS) is 12.2. The molecule has 0 aliphatic carbocycles. The summed E-state index contributed by atoms with van der Waals surface area (Å²) in [6.45, 7) is 1.49. The summed E-state index contributed by atoms with van der Waals surface area (Å²) < 4.78 is 5.96. The summed E-state index contributed by atoms with van der Waals surface area (Å²) in [5.41, 5.74) is 6.56. The van der Waals surface area contributed by atoms with Gasteiger partial charge >= 0.3 is 195 Å². The molecule has 0 amide bonds. The number of rotatable bonds is 21. The van der Waals surface area contributed by atoms with Crippen LogP contribution in [0.2, 0.25) is 0 Å². The Morgan fingerprint density at radius 2 is 0.852 bits per heavy atom. The van der Waals surface area contributed by atoms with Crippen molar-refractivity contribution >= 4 is 34.3 Å². The van der Waals surface area contributed by atoms with Gasteiger partial charge in [-0.25, -0.2) is 0 Å². The van der Waals surface area contributed by atoms with Crippen LogP contribution in [0.25, 0.3) is 11.1 Å². The maximum atomic E-state index is 5.96. The van der Waals surface area contributed by atoms with Crippen molar-refractivity contribution in [3.63, 3.8) is 0 Å². The van der Waals surface area contributed by atoms with Gasteiger partial charge in [-0.3, -0.25) is 0 Å². The third-order valence-corrected chi connectivity index (χ3v) is 15.8. The molecule has 1 N–H and O–H groups in total. The minimum atomic E-state index is -2.13. The average Bonchev–Trinajstić information content (AvgIpc) is 3.24. The van der Waals surface area contributed by atoms with Crippen molar-refractivity contribution in [2.75, 3.05) is 26.4 Å². The molecule has 3 heteroatoms. The Balaban J connectivity index is 1.06. The molecule has 54 heavy (non-hydrogen) atoms. The second-order valence-electron chi connectivity index (χ2n) is 14.4. The predicted octanol–water partition coefficient (Wildman–Crippen LogP) is 11.5. The van der Waals surface area contributed by atoms with E-state index in [1.165, 1.54) is 101 Å². The van der Waals surface area contributed by atoms with Crippen LogP contribution in [0, 0.1) is 0 Å². The third kappa shape index (κ3) is 10.5. The van der Waals surface area contributed by atoms with E-state index in [9.17, 15) is 0 Å². The molecule has 0 unspecified atom stereocenters. The molecule has 0 bridgehead atoms. The Morgan fingerprint density at radius 3 is 1.33 bits per heavy atom. The van der Waals surface area contributed by atoms with Crippen LogP contribution in [0.15, 0.2) is 176 Å². The summed E-state index contributed by atoms with van der Waals surface area (Å²) in [5.74, 6) is 0.910. The van der Waals surface area contributed by atoms with E-state index in [0.717, 1.165) is 18.7 Å². The first-order valence-electron chi connectivity index (χ1n) is 20.2. The van der Waals surface area contributed by atoms with Gasteiger partial charge in [-0.2, -0.15) is 0 Å².